The van der Waals surface area contributed by atoms with Crippen molar-refractivity contribution in [2.75, 3.05) is 0 Å². The Kier molecular flexibility index (Phi) is 4.76. The number of fused-ring (bicyclic) bond motifs is 11. The monoisotopic (exact) mass is 536 g/mol. The van der Waals surface area contributed by atoms with Crippen LogP contribution in [0.3, 0.4) is 0 Å². The van der Waals surface area contributed by atoms with Crippen LogP contribution in [0.15, 0.2) is 150 Å². The van der Waals surface area contributed by atoms with Gasteiger partial charge in [0.25, 0.3) is 5.56 Å². The lowest BCUT2D eigenvalue weighted by atomic mass is 9.92. The molecule has 0 aliphatic rings. The predicted octanol–water partition coefficient (Wildman–Crippen LogP) is 9.52. The molecule has 0 spiro atoms. The minimum absolute atomic E-state index is 0.0194. The third-order valence-corrected chi connectivity index (χ3v) is 8.68. The van der Waals surface area contributed by atoms with Gasteiger partial charge in [-0.3, -0.25) is 13.8 Å². The highest BCUT2D eigenvalue weighted by atomic mass is 16.1. The maximum Gasteiger partial charge on any atom is 0.266 e. The first-order chi connectivity index (χ1) is 20.8. The maximum absolute atomic E-state index is 14.1. The number of hydrogen-bond acceptors (Lipinski definition) is 1. The van der Waals surface area contributed by atoms with Crippen molar-refractivity contribution in [2.24, 2.45) is 0 Å². The minimum Gasteiger partial charge on any atom is -0.295 e. The molecule has 9 aromatic rings. The summed E-state index contributed by atoms with van der Waals surface area (Å²) in [7, 11) is 0. The quantitative estimate of drug-likeness (QED) is 0.202. The smallest absolute Gasteiger partial charge is 0.266 e. The highest BCUT2D eigenvalue weighted by Crippen LogP contribution is 2.37. The van der Waals surface area contributed by atoms with E-state index in [0.717, 1.165) is 38.9 Å². The number of nitrogens with zero attached hydrogens (tertiary/aromatic N) is 2. The van der Waals surface area contributed by atoms with Crippen molar-refractivity contribution < 1.29 is 0 Å². The van der Waals surface area contributed by atoms with E-state index in [1.54, 1.807) is 0 Å². The molecule has 0 N–H and O–H groups in total. The Bertz CT molecular complexity index is 2570. The second-order valence-corrected chi connectivity index (χ2v) is 11.0. The molecule has 7 aromatic carbocycles. The molecule has 0 saturated heterocycles. The Morgan fingerprint density at radius 2 is 0.976 bits per heavy atom. The molecule has 0 saturated carbocycles. The van der Waals surface area contributed by atoms with Crippen molar-refractivity contribution in [3.8, 4) is 16.8 Å². The topological polar surface area (TPSA) is 26.4 Å². The molecule has 0 bridgehead atoms. The number of hydrogen-bond donors (Lipinski definition) is 0. The van der Waals surface area contributed by atoms with Crippen LogP contribution >= 0.6 is 0 Å². The molecule has 196 valence electrons. The van der Waals surface area contributed by atoms with Gasteiger partial charge in [-0.2, -0.15) is 0 Å². The molecular formula is C39H24N2O. The fraction of sp³-hybridized carbons (Fsp3) is 0. The molecule has 9 rings (SSSR count). The lowest BCUT2D eigenvalue weighted by Crippen LogP contribution is -2.21. The first-order valence-corrected chi connectivity index (χ1v) is 14.2. The van der Waals surface area contributed by atoms with Crippen LogP contribution in [-0.4, -0.2) is 8.97 Å². The number of benzene rings is 7. The van der Waals surface area contributed by atoms with Crippen LogP contribution in [0.1, 0.15) is 0 Å². The van der Waals surface area contributed by atoms with E-state index in [9.17, 15) is 4.79 Å². The second kappa shape index (κ2) is 8.66. The SMILES string of the molecule is O=c1c2ccccc2n2c3ccccc3cc2n1-c1cccc(-c2ccc3c4ccccc4c4ccccc4c3c2)c1. The molecule has 0 atom stereocenters. The van der Waals surface area contributed by atoms with Crippen molar-refractivity contribution in [3.63, 3.8) is 0 Å². The van der Waals surface area contributed by atoms with Crippen molar-refractivity contribution in [1.82, 2.24) is 8.97 Å². The Hall–Kier alpha value is -5.67. The molecule has 0 unspecified atom stereocenters. The van der Waals surface area contributed by atoms with E-state index >= 15 is 0 Å². The Balaban J connectivity index is 1.31. The Morgan fingerprint density at radius 1 is 0.405 bits per heavy atom. The predicted molar refractivity (Wildman–Crippen MR) is 176 cm³/mol. The minimum atomic E-state index is -0.0194. The van der Waals surface area contributed by atoms with Gasteiger partial charge in [0.2, 0.25) is 0 Å². The van der Waals surface area contributed by atoms with E-state index in [1.807, 2.05) is 53.1 Å². The van der Waals surface area contributed by atoms with Crippen molar-refractivity contribution in [3.05, 3.63) is 156 Å². The fourth-order valence-electron chi connectivity index (χ4n) is 6.79. The fourth-order valence-corrected chi connectivity index (χ4v) is 6.79. The molecule has 0 amide bonds. The largest absolute Gasteiger partial charge is 0.295 e. The number of para-hydroxylation sites is 2. The summed E-state index contributed by atoms with van der Waals surface area (Å²) in [4.78, 5) is 14.1. The summed E-state index contributed by atoms with van der Waals surface area (Å²) in [6.45, 7) is 0. The van der Waals surface area contributed by atoms with E-state index in [-0.39, 0.29) is 5.56 Å². The molecule has 42 heavy (non-hydrogen) atoms. The van der Waals surface area contributed by atoms with E-state index in [2.05, 4.69) is 101 Å². The van der Waals surface area contributed by atoms with Crippen molar-refractivity contribution in [1.29, 1.82) is 0 Å². The Morgan fingerprint density at radius 3 is 1.71 bits per heavy atom. The number of aromatic nitrogens is 2. The second-order valence-electron chi connectivity index (χ2n) is 11.0. The van der Waals surface area contributed by atoms with E-state index in [0.29, 0.717) is 5.39 Å². The highest BCUT2D eigenvalue weighted by Gasteiger charge is 2.16. The zero-order valence-electron chi connectivity index (χ0n) is 22.7. The highest BCUT2D eigenvalue weighted by molar-refractivity contribution is 6.25. The maximum atomic E-state index is 14.1. The van der Waals surface area contributed by atoms with Crippen LogP contribution in [-0.2, 0) is 0 Å². The average molecular weight is 537 g/mol. The lowest BCUT2D eigenvalue weighted by Gasteiger charge is -2.15. The zero-order chi connectivity index (χ0) is 27.8. The molecule has 0 radical (unpaired) electrons. The molecule has 2 heterocycles. The number of rotatable bonds is 2. The van der Waals surface area contributed by atoms with Crippen molar-refractivity contribution >= 4 is 59.8 Å². The summed E-state index contributed by atoms with van der Waals surface area (Å²) in [5.74, 6) is 0. The van der Waals surface area contributed by atoms with Crippen LogP contribution in [0.5, 0.6) is 0 Å². The molecule has 3 nitrogen and oxygen atoms in total. The van der Waals surface area contributed by atoms with E-state index in [1.165, 1.54) is 32.3 Å². The van der Waals surface area contributed by atoms with Gasteiger partial charge in [0.15, 0.2) is 0 Å². The molecule has 3 heteroatoms. The van der Waals surface area contributed by atoms with Gasteiger partial charge in [-0.1, -0.05) is 103 Å². The van der Waals surface area contributed by atoms with Crippen LogP contribution in [0.25, 0.3) is 76.6 Å². The molecule has 0 fully saturated rings. The van der Waals surface area contributed by atoms with Gasteiger partial charge in [-0.25, -0.2) is 0 Å². The molecular weight excluding hydrogens is 512 g/mol. The Labute approximate surface area is 241 Å². The van der Waals surface area contributed by atoms with Gasteiger partial charge >= 0.3 is 0 Å². The van der Waals surface area contributed by atoms with Crippen molar-refractivity contribution in [2.45, 2.75) is 0 Å². The summed E-state index contributed by atoms with van der Waals surface area (Å²) < 4.78 is 4.06. The molecule has 2 aromatic heterocycles. The first kappa shape index (κ1) is 23.1. The van der Waals surface area contributed by atoms with Crippen LogP contribution in [0.2, 0.25) is 0 Å². The zero-order valence-corrected chi connectivity index (χ0v) is 22.7. The third-order valence-electron chi connectivity index (χ3n) is 8.68. The summed E-state index contributed by atoms with van der Waals surface area (Å²) in [5.41, 5.74) is 5.87. The van der Waals surface area contributed by atoms with Gasteiger partial charge in [-0.05, 0) is 85.9 Å². The summed E-state index contributed by atoms with van der Waals surface area (Å²) in [6.07, 6.45) is 0. The summed E-state index contributed by atoms with van der Waals surface area (Å²) in [5, 5.41) is 9.32. The third kappa shape index (κ3) is 3.19. The normalized spacial score (nSPS) is 11.9. The van der Waals surface area contributed by atoms with E-state index in [4.69, 9.17) is 0 Å². The van der Waals surface area contributed by atoms with E-state index < -0.39 is 0 Å². The van der Waals surface area contributed by atoms with Crippen LogP contribution in [0.4, 0.5) is 0 Å². The lowest BCUT2D eigenvalue weighted by molar-refractivity contribution is 1.01. The average Bonchev–Trinajstić information content (AvgIpc) is 3.44. The van der Waals surface area contributed by atoms with Crippen LogP contribution < -0.4 is 5.56 Å². The molecule has 0 aliphatic heterocycles. The van der Waals surface area contributed by atoms with Gasteiger partial charge in [0, 0.05) is 5.39 Å². The first-order valence-electron chi connectivity index (χ1n) is 14.2. The summed E-state index contributed by atoms with van der Waals surface area (Å²) >= 11 is 0. The van der Waals surface area contributed by atoms with Crippen LogP contribution in [0, 0.1) is 0 Å². The van der Waals surface area contributed by atoms with Gasteiger partial charge in [-0.15, -0.1) is 0 Å². The van der Waals surface area contributed by atoms with Gasteiger partial charge in [0.1, 0.15) is 5.65 Å². The standard InChI is InChI=1S/C39H24N2O/c42-39-34-17-6-8-19-37(34)41-36-18-7-1-10-27(36)24-38(41)40(39)28-12-9-11-25(22-28)26-20-21-33-31-15-3-2-13-29(31)30-14-4-5-16-32(30)35(33)23-26/h1-24H. The molecule has 0 aliphatic carbocycles. The van der Waals surface area contributed by atoms with Gasteiger partial charge < -0.3 is 0 Å². The van der Waals surface area contributed by atoms with Gasteiger partial charge in [0.05, 0.1) is 22.1 Å². The summed E-state index contributed by atoms with van der Waals surface area (Å²) in [6, 6.07) is 50.7.